The smallest absolute Gasteiger partial charge is 0.274 e. The summed E-state index contributed by atoms with van der Waals surface area (Å²) in [5, 5.41) is 2.70. The molecule has 1 aromatic rings. The minimum Gasteiger partial charge on any atom is -0.325 e. The van der Waals surface area contributed by atoms with E-state index in [1.165, 1.54) is 0 Å². The van der Waals surface area contributed by atoms with E-state index >= 15 is 0 Å². The number of benzene rings is 1. The van der Waals surface area contributed by atoms with Crippen LogP contribution in [0.3, 0.4) is 0 Å². The molecule has 0 aliphatic carbocycles. The van der Waals surface area contributed by atoms with Crippen molar-refractivity contribution in [3.05, 3.63) is 35.9 Å². The summed E-state index contributed by atoms with van der Waals surface area (Å²) in [4.78, 5) is 11.9. The molecule has 1 aliphatic rings. The average molecular weight is 251 g/mol. The van der Waals surface area contributed by atoms with Crippen LogP contribution in [0, 0.1) is 5.92 Å². The van der Waals surface area contributed by atoms with Crippen molar-refractivity contribution in [2.24, 2.45) is 5.92 Å². The third kappa shape index (κ3) is 2.28. The molecule has 2 rings (SSSR count). The molecule has 0 unspecified atom stereocenters. The van der Waals surface area contributed by atoms with Crippen molar-refractivity contribution < 1.29 is 13.6 Å². The summed E-state index contributed by atoms with van der Waals surface area (Å²) in [6, 6.07) is 6.70. The van der Waals surface area contributed by atoms with Crippen LogP contribution < -0.4 is 5.32 Å². The standard InChI is InChI=1S/C14H15F2NO/c1-2-3-6-10-12(13(15)16)9-7-4-5-8-11(9)17-14(10)18/h4-5,7-8,10H,2-3,6H2,1H3,(H,17,18)/t10-/m1/s1. The van der Waals surface area contributed by atoms with E-state index in [1.807, 2.05) is 6.92 Å². The monoisotopic (exact) mass is 251 g/mol. The van der Waals surface area contributed by atoms with E-state index in [0.29, 0.717) is 17.7 Å². The van der Waals surface area contributed by atoms with E-state index in [4.69, 9.17) is 0 Å². The SMILES string of the molecule is CCCC[C@H]1C(=O)Nc2ccccc2C1=C(F)F. The summed E-state index contributed by atoms with van der Waals surface area (Å²) in [6.45, 7) is 1.98. The van der Waals surface area contributed by atoms with Gasteiger partial charge in [-0.3, -0.25) is 4.79 Å². The van der Waals surface area contributed by atoms with Crippen LogP contribution in [-0.4, -0.2) is 5.91 Å². The number of carbonyl (C=O) groups excluding carboxylic acids is 1. The van der Waals surface area contributed by atoms with Crippen molar-refractivity contribution in [3.8, 4) is 0 Å². The Labute approximate surface area is 105 Å². The lowest BCUT2D eigenvalue weighted by Crippen LogP contribution is -2.29. The van der Waals surface area contributed by atoms with Gasteiger partial charge in [-0.25, -0.2) is 0 Å². The molecule has 2 nitrogen and oxygen atoms in total. The van der Waals surface area contributed by atoms with Gasteiger partial charge in [0.25, 0.3) is 6.08 Å². The maximum absolute atomic E-state index is 13.1. The third-order valence-corrected chi connectivity index (χ3v) is 3.19. The van der Waals surface area contributed by atoms with Crippen molar-refractivity contribution in [2.45, 2.75) is 26.2 Å². The zero-order chi connectivity index (χ0) is 13.1. The Morgan fingerprint density at radius 1 is 1.33 bits per heavy atom. The normalized spacial score (nSPS) is 18.3. The molecular formula is C14H15F2NO. The summed E-state index contributed by atoms with van der Waals surface area (Å²) in [6.07, 6.45) is 0.353. The predicted octanol–water partition coefficient (Wildman–Crippen LogP) is 4.05. The van der Waals surface area contributed by atoms with Gasteiger partial charge in [0, 0.05) is 16.8 Å². The molecule has 96 valence electrons. The number of anilines is 1. The van der Waals surface area contributed by atoms with Crippen LogP contribution in [0.1, 0.15) is 31.7 Å². The van der Waals surface area contributed by atoms with Gasteiger partial charge in [0.1, 0.15) is 0 Å². The van der Waals surface area contributed by atoms with Gasteiger partial charge in [-0.1, -0.05) is 38.0 Å². The van der Waals surface area contributed by atoms with Crippen LogP contribution in [0.25, 0.3) is 5.57 Å². The van der Waals surface area contributed by atoms with Gasteiger partial charge in [-0.05, 0) is 12.5 Å². The molecule has 4 heteroatoms. The van der Waals surface area contributed by atoms with Gasteiger partial charge in [-0.2, -0.15) is 8.78 Å². The fraction of sp³-hybridized carbons (Fsp3) is 0.357. The number of para-hydroxylation sites is 1. The highest BCUT2D eigenvalue weighted by Gasteiger charge is 2.33. The lowest BCUT2D eigenvalue weighted by atomic mass is 9.84. The van der Waals surface area contributed by atoms with Crippen LogP contribution >= 0.6 is 0 Å². The van der Waals surface area contributed by atoms with Gasteiger partial charge in [0.2, 0.25) is 5.91 Å². The summed E-state index contributed by atoms with van der Waals surface area (Å²) < 4.78 is 26.3. The zero-order valence-corrected chi connectivity index (χ0v) is 10.2. The van der Waals surface area contributed by atoms with E-state index in [9.17, 15) is 13.6 Å². The van der Waals surface area contributed by atoms with Crippen molar-refractivity contribution in [1.29, 1.82) is 0 Å². The minimum absolute atomic E-state index is 0.109. The molecule has 1 aliphatic heterocycles. The number of fused-ring (bicyclic) bond motifs is 1. The van der Waals surface area contributed by atoms with E-state index in [1.54, 1.807) is 24.3 Å². The molecule has 0 saturated carbocycles. The molecular weight excluding hydrogens is 236 g/mol. The van der Waals surface area contributed by atoms with Crippen molar-refractivity contribution in [3.63, 3.8) is 0 Å². The van der Waals surface area contributed by atoms with Crippen molar-refractivity contribution in [2.75, 3.05) is 5.32 Å². The largest absolute Gasteiger partial charge is 0.325 e. The number of rotatable bonds is 3. The molecule has 0 fully saturated rings. The van der Waals surface area contributed by atoms with Crippen molar-refractivity contribution >= 4 is 17.2 Å². The Morgan fingerprint density at radius 2 is 2.06 bits per heavy atom. The highest BCUT2D eigenvalue weighted by atomic mass is 19.3. The van der Waals surface area contributed by atoms with Crippen LogP contribution in [-0.2, 0) is 4.79 Å². The maximum Gasteiger partial charge on any atom is 0.274 e. The molecule has 0 radical (unpaired) electrons. The van der Waals surface area contributed by atoms with Gasteiger partial charge in [0.05, 0.1) is 5.92 Å². The Balaban J connectivity index is 2.45. The Bertz CT molecular complexity index is 492. The highest BCUT2D eigenvalue weighted by Crippen LogP contribution is 2.40. The third-order valence-electron chi connectivity index (χ3n) is 3.19. The van der Waals surface area contributed by atoms with E-state index in [-0.39, 0.29) is 11.5 Å². The summed E-state index contributed by atoms with van der Waals surface area (Å²) in [5.41, 5.74) is 0.805. The number of carbonyl (C=O) groups is 1. The summed E-state index contributed by atoms with van der Waals surface area (Å²) >= 11 is 0. The highest BCUT2D eigenvalue weighted by molar-refractivity contribution is 6.07. The van der Waals surface area contributed by atoms with E-state index < -0.39 is 12.0 Å². The van der Waals surface area contributed by atoms with Crippen LogP contribution in [0.15, 0.2) is 30.3 Å². The van der Waals surface area contributed by atoms with E-state index in [0.717, 1.165) is 12.8 Å². The van der Waals surface area contributed by atoms with Crippen LogP contribution in [0.5, 0.6) is 0 Å². The molecule has 1 aromatic carbocycles. The Kier molecular flexibility index (Phi) is 3.75. The molecule has 18 heavy (non-hydrogen) atoms. The number of nitrogens with one attached hydrogen (secondary N) is 1. The fourth-order valence-corrected chi connectivity index (χ4v) is 2.28. The second-order valence-electron chi connectivity index (χ2n) is 4.40. The minimum atomic E-state index is -1.75. The number of hydrogen-bond acceptors (Lipinski definition) is 1. The second-order valence-corrected chi connectivity index (χ2v) is 4.40. The van der Waals surface area contributed by atoms with Crippen LogP contribution in [0.2, 0.25) is 0 Å². The first-order chi connectivity index (χ1) is 8.65. The van der Waals surface area contributed by atoms with Gasteiger partial charge < -0.3 is 5.32 Å². The molecule has 0 aromatic heterocycles. The maximum atomic E-state index is 13.1. The van der Waals surface area contributed by atoms with Crippen LogP contribution in [0.4, 0.5) is 14.5 Å². The van der Waals surface area contributed by atoms with Gasteiger partial charge >= 0.3 is 0 Å². The molecule has 1 heterocycles. The first-order valence-electron chi connectivity index (χ1n) is 6.10. The number of amides is 1. The van der Waals surface area contributed by atoms with E-state index in [2.05, 4.69) is 5.32 Å². The lowest BCUT2D eigenvalue weighted by Gasteiger charge is -2.26. The topological polar surface area (TPSA) is 29.1 Å². The molecule has 1 amide bonds. The first-order valence-corrected chi connectivity index (χ1v) is 6.10. The predicted molar refractivity (Wildman–Crippen MR) is 67.2 cm³/mol. The second kappa shape index (κ2) is 5.29. The lowest BCUT2D eigenvalue weighted by molar-refractivity contribution is -0.118. The van der Waals surface area contributed by atoms with Gasteiger partial charge in [-0.15, -0.1) is 0 Å². The molecule has 0 saturated heterocycles. The fourth-order valence-electron chi connectivity index (χ4n) is 2.28. The molecule has 0 spiro atoms. The molecule has 0 bridgehead atoms. The summed E-state index contributed by atoms with van der Waals surface area (Å²) in [7, 11) is 0. The zero-order valence-electron chi connectivity index (χ0n) is 10.2. The summed E-state index contributed by atoms with van der Waals surface area (Å²) in [5.74, 6) is -1.06. The number of hydrogen-bond donors (Lipinski definition) is 1. The average Bonchev–Trinajstić information content (AvgIpc) is 2.35. The van der Waals surface area contributed by atoms with Gasteiger partial charge in [0.15, 0.2) is 0 Å². The first kappa shape index (κ1) is 12.7. The number of unbranched alkanes of at least 4 members (excludes halogenated alkanes) is 1. The molecule has 1 N–H and O–H groups in total. The number of halogens is 2. The Morgan fingerprint density at radius 3 is 2.72 bits per heavy atom. The van der Waals surface area contributed by atoms with Crippen molar-refractivity contribution in [1.82, 2.24) is 0 Å². The Hall–Kier alpha value is -1.71. The quantitative estimate of drug-likeness (QED) is 0.862. The molecule has 1 atom stereocenters.